The summed E-state index contributed by atoms with van der Waals surface area (Å²) in [4.78, 5) is 12.4. The third-order valence-corrected chi connectivity index (χ3v) is 4.40. The van der Waals surface area contributed by atoms with Gasteiger partial charge in [0.1, 0.15) is 6.33 Å². The number of nitrogens with one attached hydrogen (secondary N) is 1. The highest BCUT2D eigenvalue weighted by Gasteiger charge is 2.31. The summed E-state index contributed by atoms with van der Waals surface area (Å²) in [5, 5.41) is 11.0. The van der Waals surface area contributed by atoms with Gasteiger partial charge >= 0.3 is 0 Å². The number of amides is 1. The molecule has 116 valence electrons. The highest BCUT2D eigenvalue weighted by Crippen LogP contribution is 2.32. The Hall–Kier alpha value is -2.21. The molecule has 1 heterocycles. The van der Waals surface area contributed by atoms with Crippen LogP contribution in [0.2, 0.25) is 0 Å². The van der Waals surface area contributed by atoms with Crippen molar-refractivity contribution in [3.63, 3.8) is 0 Å². The average Bonchev–Trinajstić information content (AvgIpc) is 3.15. The van der Waals surface area contributed by atoms with Gasteiger partial charge in [0.15, 0.2) is 5.82 Å². The molecule has 1 aliphatic rings. The topological polar surface area (TPSA) is 85.8 Å². The normalized spacial score (nSPS) is 21.0. The zero-order valence-electron chi connectivity index (χ0n) is 12.7. The Balaban J connectivity index is 1.76. The third-order valence-electron chi connectivity index (χ3n) is 4.40. The minimum Gasteiger partial charge on any atom is -0.330 e. The molecule has 1 fully saturated rings. The first-order valence-corrected chi connectivity index (χ1v) is 7.64. The predicted molar refractivity (Wildman–Crippen MR) is 85.0 cm³/mol. The van der Waals surface area contributed by atoms with Gasteiger partial charge in [-0.05, 0) is 37.4 Å². The minimum atomic E-state index is 0.0310. The summed E-state index contributed by atoms with van der Waals surface area (Å²) in [6.45, 7) is 0.580. The van der Waals surface area contributed by atoms with E-state index in [0.717, 1.165) is 36.3 Å². The molecule has 22 heavy (non-hydrogen) atoms. The highest BCUT2D eigenvalue weighted by molar-refractivity contribution is 5.93. The van der Waals surface area contributed by atoms with Gasteiger partial charge in [0, 0.05) is 24.2 Å². The molecular weight excluding hydrogens is 278 g/mol. The van der Waals surface area contributed by atoms with Crippen molar-refractivity contribution in [2.75, 3.05) is 11.9 Å². The zero-order valence-corrected chi connectivity index (χ0v) is 12.7. The van der Waals surface area contributed by atoms with Gasteiger partial charge in [-0.3, -0.25) is 4.79 Å². The zero-order chi connectivity index (χ0) is 15.5. The van der Waals surface area contributed by atoms with E-state index in [0.29, 0.717) is 12.5 Å². The van der Waals surface area contributed by atoms with Crippen LogP contribution in [0, 0.1) is 11.8 Å². The van der Waals surface area contributed by atoms with Crippen molar-refractivity contribution >= 4 is 11.6 Å². The maximum atomic E-state index is 12.4. The number of nitrogens with two attached hydrogens (primary N) is 1. The fourth-order valence-electron chi connectivity index (χ4n) is 3.18. The first-order valence-electron chi connectivity index (χ1n) is 7.64. The molecule has 3 N–H and O–H groups in total. The number of carbonyl (C=O) groups excluding carboxylic acids is 1. The predicted octanol–water partition coefficient (Wildman–Crippen LogP) is 1.80. The van der Waals surface area contributed by atoms with E-state index in [-0.39, 0.29) is 11.8 Å². The monoisotopic (exact) mass is 299 g/mol. The molecule has 3 rings (SSSR count). The van der Waals surface area contributed by atoms with Crippen molar-refractivity contribution in [1.29, 1.82) is 0 Å². The van der Waals surface area contributed by atoms with Crippen LogP contribution in [-0.2, 0) is 11.8 Å². The quantitative estimate of drug-likeness (QED) is 0.901. The molecular formula is C16H21N5O. The number of hydrogen-bond acceptors (Lipinski definition) is 4. The van der Waals surface area contributed by atoms with Crippen LogP contribution in [0.5, 0.6) is 0 Å². The molecule has 0 spiro atoms. The first kappa shape index (κ1) is 14.7. The first-order chi connectivity index (χ1) is 10.7. The van der Waals surface area contributed by atoms with Gasteiger partial charge in [0.05, 0.1) is 0 Å². The van der Waals surface area contributed by atoms with Crippen molar-refractivity contribution in [1.82, 2.24) is 14.8 Å². The van der Waals surface area contributed by atoms with Crippen molar-refractivity contribution in [3.05, 3.63) is 30.6 Å². The summed E-state index contributed by atoms with van der Waals surface area (Å²) in [7, 11) is 1.89. The van der Waals surface area contributed by atoms with E-state index < -0.39 is 0 Å². The molecule has 1 aromatic heterocycles. The molecule has 1 amide bonds. The Labute approximate surface area is 129 Å². The van der Waals surface area contributed by atoms with E-state index in [1.54, 1.807) is 6.33 Å². The Kier molecular flexibility index (Phi) is 4.20. The van der Waals surface area contributed by atoms with E-state index in [9.17, 15) is 4.79 Å². The second-order valence-corrected chi connectivity index (χ2v) is 5.87. The van der Waals surface area contributed by atoms with Gasteiger partial charge in [-0.2, -0.15) is 0 Å². The SMILES string of the molecule is Cn1cnnc1-c1cccc(NC(=O)[C@@H]2CCC[C@@H]2CN)c1. The van der Waals surface area contributed by atoms with Gasteiger partial charge in [-0.15, -0.1) is 10.2 Å². The van der Waals surface area contributed by atoms with Gasteiger partial charge < -0.3 is 15.6 Å². The van der Waals surface area contributed by atoms with Crippen molar-refractivity contribution in [3.8, 4) is 11.4 Å². The molecule has 1 aromatic carbocycles. The molecule has 1 saturated carbocycles. The summed E-state index contributed by atoms with van der Waals surface area (Å²) in [6, 6.07) is 7.69. The highest BCUT2D eigenvalue weighted by atomic mass is 16.1. The van der Waals surface area contributed by atoms with Crippen LogP contribution in [-0.4, -0.2) is 27.2 Å². The summed E-state index contributed by atoms with van der Waals surface area (Å²) in [5.41, 5.74) is 7.48. The van der Waals surface area contributed by atoms with Crippen molar-refractivity contribution in [2.24, 2.45) is 24.6 Å². The smallest absolute Gasteiger partial charge is 0.227 e. The number of benzene rings is 1. The second-order valence-electron chi connectivity index (χ2n) is 5.87. The Morgan fingerprint density at radius 3 is 3.05 bits per heavy atom. The van der Waals surface area contributed by atoms with Gasteiger partial charge in [-0.25, -0.2) is 0 Å². The number of aromatic nitrogens is 3. The standard InChI is InChI=1S/C16H21N5O/c1-21-10-18-20-15(21)11-4-2-6-13(8-11)19-16(22)14-7-3-5-12(14)9-17/h2,4,6,8,10,12,14H,3,5,7,9,17H2,1H3,(H,19,22)/t12-,14-/m1/s1. The van der Waals surface area contributed by atoms with Gasteiger partial charge in [-0.1, -0.05) is 18.6 Å². The molecule has 0 aliphatic heterocycles. The molecule has 0 saturated heterocycles. The van der Waals surface area contributed by atoms with Crippen LogP contribution in [0.25, 0.3) is 11.4 Å². The van der Waals surface area contributed by atoms with E-state index >= 15 is 0 Å². The number of hydrogen-bond donors (Lipinski definition) is 2. The van der Waals surface area contributed by atoms with Crippen LogP contribution < -0.4 is 11.1 Å². The molecule has 6 heteroatoms. The van der Waals surface area contributed by atoms with Gasteiger partial charge in [0.25, 0.3) is 0 Å². The van der Waals surface area contributed by atoms with Crippen molar-refractivity contribution < 1.29 is 4.79 Å². The summed E-state index contributed by atoms with van der Waals surface area (Å²) in [6.07, 6.45) is 4.72. The number of carbonyl (C=O) groups is 1. The average molecular weight is 299 g/mol. The number of rotatable bonds is 4. The van der Waals surface area contributed by atoms with E-state index in [1.165, 1.54) is 0 Å². The lowest BCUT2D eigenvalue weighted by Gasteiger charge is -2.17. The lowest BCUT2D eigenvalue weighted by atomic mass is 9.95. The molecule has 6 nitrogen and oxygen atoms in total. The Bertz CT molecular complexity index is 666. The fraction of sp³-hybridized carbons (Fsp3) is 0.438. The molecule has 0 unspecified atom stereocenters. The lowest BCUT2D eigenvalue weighted by molar-refractivity contribution is -0.120. The number of aryl methyl sites for hydroxylation is 1. The van der Waals surface area contributed by atoms with E-state index in [1.807, 2.05) is 35.9 Å². The summed E-state index contributed by atoms with van der Waals surface area (Å²) >= 11 is 0. The molecule has 2 atom stereocenters. The molecule has 0 radical (unpaired) electrons. The van der Waals surface area contributed by atoms with Crippen LogP contribution in [0.15, 0.2) is 30.6 Å². The maximum absolute atomic E-state index is 12.4. The van der Waals surface area contributed by atoms with E-state index in [2.05, 4.69) is 15.5 Å². The Morgan fingerprint density at radius 1 is 1.45 bits per heavy atom. The van der Waals surface area contributed by atoms with E-state index in [4.69, 9.17) is 5.73 Å². The van der Waals surface area contributed by atoms with Crippen LogP contribution >= 0.6 is 0 Å². The van der Waals surface area contributed by atoms with Crippen LogP contribution in [0.4, 0.5) is 5.69 Å². The number of anilines is 1. The molecule has 1 aliphatic carbocycles. The fourth-order valence-corrected chi connectivity index (χ4v) is 3.18. The van der Waals surface area contributed by atoms with Crippen LogP contribution in [0.1, 0.15) is 19.3 Å². The maximum Gasteiger partial charge on any atom is 0.227 e. The summed E-state index contributed by atoms with van der Waals surface area (Å²) < 4.78 is 1.85. The lowest BCUT2D eigenvalue weighted by Crippen LogP contribution is -2.29. The number of nitrogens with zero attached hydrogens (tertiary/aromatic N) is 3. The van der Waals surface area contributed by atoms with Gasteiger partial charge in [0.2, 0.25) is 5.91 Å². The third kappa shape index (κ3) is 2.87. The largest absolute Gasteiger partial charge is 0.330 e. The molecule has 2 aromatic rings. The Morgan fingerprint density at radius 2 is 2.32 bits per heavy atom. The van der Waals surface area contributed by atoms with Crippen LogP contribution in [0.3, 0.4) is 0 Å². The second kappa shape index (κ2) is 6.27. The minimum absolute atomic E-state index is 0.0310. The van der Waals surface area contributed by atoms with Crippen molar-refractivity contribution in [2.45, 2.75) is 19.3 Å². The summed E-state index contributed by atoms with van der Waals surface area (Å²) in [5.74, 6) is 1.19. The molecule has 0 bridgehead atoms.